The average molecular weight is 314 g/mol. The van der Waals surface area contributed by atoms with E-state index in [-0.39, 0.29) is 5.75 Å². The Morgan fingerprint density at radius 2 is 1.78 bits per heavy atom. The molecule has 0 aliphatic heterocycles. The van der Waals surface area contributed by atoms with E-state index in [4.69, 9.17) is 10.5 Å². The molecule has 2 rings (SSSR count). The van der Waals surface area contributed by atoms with Gasteiger partial charge in [0.15, 0.2) is 11.6 Å². The lowest BCUT2D eigenvalue weighted by Gasteiger charge is -2.09. The van der Waals surface area contributed by atoms with Crippen LogP contribution in [0.2, 0.25) is 0 Å². The van der Waals surface area contributed by atoms with Gasteiger partial charge in [0.25, 0.3) is 0 Å². The highest BCUT2D eigenvalue weighted by molar-refractivity contribution is 9.10. The minimum absolute atomic E-state index is 0.0300. The first-order chi connectivity index (χ1) is 8.60. The molecule has 0 heterocycles. The summed E-state index contributed by atoms with van der Waals surface area (Å²) in [6, 6.07) is 8.40. The van der Waals surface area contributed by atoms with Gasteiger partial charge in [-0.15, -0.1) is 0 Å². The molecule has 0 saturated heterocycles. The molecule has 0 spiro atoms. The maximum Gasteiger partial charge on any atom is 0.168 e. The van der Waals surface area contributed by atoms with Crippen molar-refractivity contribution < 1.29 is 13.5 Å². The van der Waals surface area contributed by atoms with Crippen LogP contribution >= 0.6 is 15.9 Å². The van der Waals surface area contributed by atoms with Crippen molar-refractivity contribution >= 4 is 15.9 Å². The van der Waals surface area contributed by atoms with Crippen molar-refractivity contribution in [3.8, 4) is 11.5 Å². The lowest BCUT2D eigenvalue weighted by Crippen LogP contribution is -1.96. The van der Waals surface area contributed by atoms with Crippen molar-refractivity contribution in [1.29, 1.82) is 0 Å². The second-order valence-corrected chi connectivity index (χ2v) is 4.50. The monoisotopic (exact) mass is 313 g/mol. The summed E-state index contributed by atoms with van der Waals surface area (Å²) in [7, 11) is 0. The van der Waals surface area contributed by atoms with Crippen LogP contribution in [0.5, 0.6) is 11.5 Å². The maximum atomic E-state index is 13.4. The largest absolute Gasteiger partial charge is 0.453 e. The lowest BCUT2D eigenvalue weighted by atomic mass is 10.2. The van der Waals surface area contributed by atoms with Crippen LogP contribution in [0.25, 0.3) is 0 Å². The second kappa shape index (κ2) is 5.46. The zero-order valence-corrected chi connectivity index (χ0v) is 10.9. The highest BCUT2D eigenvalue weighted by atomic mass is 79.9. The molecule has 0 fully saturated rings. The maximum absolute atomic E-state index is 13.4. The van der Waals surface area contributed by atoms with Crippen LogP contribution in [0.3, 0.4) is 0 Å². The van der Waals surface area contributed by atoms with Gasteiger partial charge in [-0.25, -0.2) is 8.78 Å². The summed E-state index contributed by atoms with van der Waals surface area (Å²) < 4.78 is 32.2. The van der Waals surface area contributed by atoms with Crippen molar-refractivity contribution in [3.63, 3.8) is 0 Å². The number of benzene rings is 2. The standard InChI is InChI=1S/C13H10BrF2NO/c14-10-5-8(7-17)1-3-12(10)18-13-4-2-9(15)6-11(13)16/h1-6H,7,17H2. The van der Waals surface area contributed by atoms with E-state index in [9.17, 15) is 8.78 Å². The summed E-state index contributed by atoms with van der Waals surface area (Å²) in [4.78, 5) is 0. The summed E-state index contributed by atoms with van der Waals surface area (Å²) in [6.07, 6.45) is 0. The van der Waals surface area contributed by atoms with E-state index in [1.165, 1.54) is 6.07 Å². The van der Waals surface area contributed by atoms with Gasteiger partial charge in [-0.2, -0.15) is 0 Å². The Bertz CT molecular complexity index is 575. The van der Waals surface area contributed by atoms with Crippen molar-refractivity contribution in [2.24, 2.45) is 5.73 Å². The molecular formula is C13H10BrF2NO. The van der Waals surface area contributed by atoms with Gasteiger partial charge in [0, 0.05) is 12.6 Å². The third-order valence-corrected chi connectivity index (χ3v) is 2.97. The molecule has 0 unspecified atom stereocenters. The second-order valence-electron chi connectivity index (χ2n) is 3.65. The number of ether oxygens (including phenoxy) is 1. The Kier molecular flexibility index (Phi) is 3.93. The van der Waals surface area contributed by atoms with Crippen LogP contribution in [0.4, 0.5) is 8.78 Å². The summed E-state index contributed by atoms with van der Waals surface area (Å²) in [5, 5.41) is 0. The van der Waals surface area contributed by atoms with E-state index in [1.54, 1.807) is 18.2 Å². The van der Waals surface area contributed by atoms with E-state index >= 15 is 0 Å². The molecule has 2 aromatic carbocycles. The fourth-order valence-corrected chi connectivity index (χ4v) is 1.94. The summed E-state index contributed by atoms with van der Waals surface area (Å²) >= 11 is 3.31. The molecule has 0 radical (unpaired) electrons. The molecule has 2 nitrogen and oxygen atoms in total. The topological polar surface area (TPSA) is 35.2 Å². The van der Waals surface area contributed by atoms with E-state index in [1.807, 2.05) is 0 Å². The summed E-state index contributed by atoms with van der Waals surface area (Å²) in [6.45, 7) is 0.407. The third-order valence-electron chi connectivity index (χ3n) is 2.35. The average Bonchev–Trinajstić information content (AvgIpc) is 2.34. The Hall–Kier alpha value is -1.46. The van der Waals surface area contributed by atoms with Crippen LogP contribution in [0, 0.1) is 11.6 Å². The fraction of sp³-hybridized carbons (Fsp3) is 0.0769. The molecule has 0 atom stereocenters. The Balaban J connectivity index is 2.28. The number of rotatable bonds is 3. The molecule has 0 aliphatic carbocycles. The van der Waals surface area contributed by atoms with Crippen LogP contribution in [0.15, 0.2) is 40.9 Å². The molecule has 2 aromatic rings. The van der Waals surface area contributed by atoms with E-state index < -0.39 is 11.6 Å². The van der Waals surface area contributed by atoms with E-state index in [2.05, 4.69) is 15.9 Å². The van der Waals surface area contributed by atoms with Crippen molar-refractivity contribution in [2.45, 2.75) is 6.54 Å². The predicted octanol–water partition coefficient (Wildman–Crippen LogP) is 3.98. The van der Waals surface area contributed by atoms with Crippen LogP contribution in [-0.4, -0.2) is 0 Å². The van der Waals surface area contributed by atoms with Crippen molar-refractivity contribution in [1.82, 2.24) is 0 Å². The first-order valence-electron chi connectivity index (χ1n) is 5.21. The Morgan fingerprint density at radius 3 is 2.39 bits per heavy atom. The third kappa shape index (κ3) is 2.86. The Morgan fingerprint density at radius 1 is 1.06 bits per heavy atom. The molecule has 18 heavy (non-hydrogen) atoms. The number of hydrogen-bond donors (Lipinski definition) is 1. The van der Waals surface area contributed by atoms with Gasteiger partial charge in [0.2, 0.25) is 0 Å². The Labute approximate surface area is 112 Å². The van der Waals surface area contributed by atoms with Gasteiger partial charge >= 0.3 is 0 Å². The van der Waals surface area contributed by atoms with Crippen molar-refractivity contribution in [3.05, 3.63) is 58.1 Å². The molecule has 94 valence electrons. The molecule has 0 aromatic heterocycles. The van der Waals surface area contributed by atoms with Crippen LogP contribution in [0.1, 0.15) is 5.56 Å². The molecule has 0 amide bonds. The summed E-state index contributed by atoms with van der Waals surface area (Å²) in [5.41, 5.74) is 6.42. The molecule has 5 heteroatoms. The van der Waals surface area contributed by atoms with Gasteiger partial charge < -0.3 is 10.5 Å². The van der Waals surface area contributed by atoms with Gasteiger partial charge in [0.05, 0.1) is 4.47 Å². The SMILES string of the molecule is NCc1ccc(Oc2ccc(F)cc2F)c(Br)c1. The van der Waals surface area contributed by atoms with Gasteiger partial charge in [0.1, 0.15) is 11.6 Å². The molecule has 0 bridgehead atoms. The van der Waals surface area contributed by atoms with Gasteiger partial charge in [-0.3, -0.25) is 0 Å². The molecular weight excluding hydrogens is 304 g/mol. The molecule has 0 aliphatic rings. The van der Waals surface area contributed by atoms with Gasteiger partial charge in [-0.1, -0.05) is 6.07 Å². The van der Waals surface area contributed by atoms with E-state index in [0.29, 0.717) is 16.8 Å². The predicted molar refractivity (Wildman–Crippen MR) is 68.5 cm³/mol. The zero-order valence-electron chi connectivity index (χ0n) is 9.29. The highest BCUT2D eigenvalue weighted by Gasteiger charge is 2.08. The first-order valence-corrected chi connectivity index (χ1v) is 6.01. The molecule has 0 saturated carbocycles. The number of halogens is 3. The number of hydrogen-bond acceptors (Lipinski definition) is 2. The molecule has 2 N–H and O–H groups in total. The van der Waals surface area contributed by atoms with E-state index in [0.717, 1.165) is 17.7 Å². The fourth-order valence-electron chi connectivity index (χ4n) is 1.43. The quantitative estimate of drug-likeness (QED) is 0.930. The minimum Gasteiger partial charge on any atom is -0.453 e. The smallest absolute Gasteiger partial charge is 0.168 e. The van der Waals surface area contributed by atoms with Crippen molar-refractivity contribution in [2.75, 3.05) is 0 Å². The van der Waals surface area contributed by atoms with Crippen LogP contribution < -0.4 is 10.5 Å². The summed E-state index contributed by atoms with van der Waals surface area (Å²) in [5.74, 6) is -0.975. The minimum atomic E-state index is -0.746. The normalized spacial score (nSPS) is 10.4. The zero-order chi connectivity index (χ0) is 13.1. The van der Waals surface area contributed by atoms with Gasteiger partial charge in [-0.05, 0) is 45.8 Å². The highest BCUT2D eigenvalue weighted by Crippen LogP contribution is 2.31. The lowest BCUT2D eigenvalue weighted by molar-refractivity contribution is 0.435. The first kappa shape index (κ1) is 13.0. The van der Waals surface area contributed by atoms with Crippen LogP contribution in [-0.2, 0) is 6.54 Å². The number of nitrogens with two attached hydrogens (primary N) is 1.